The topological polar surface area (TPSA) is 104 Å². The second-order valence-corrected chi connectivity index (χ2v) is 9.51. The number of thiophene rings is 1. The maximum absolute atomic E-state index is 13.9. The lowest BCUT2D eigenvalue weighted by Crippen LogP contribution is -2.25. The summed E-state index contributed by atoms with van der Waals surface area (Å²) in [5.74, 6) is -1.52. The Morgan fingerprint density at radius 1 is 1.06 bits per heavy atom. The molecule has 0 bridgehead atoms. The maximum atomic E-state index is 13.9. The van der Waals surface area contributed by atoms with Gasteiger partial charge < -0.3 is 10.6 Å². The zero-order valence-electron chi connectivity index (χ0n) is 16.6. The molecule has 32 heavy (non-hydrogen) atoms. The Kier molecular flexibility index (Phi) is 7.84. The molecule has 0 atom stereocenters. The monoisotopic (exact) mass is 495 g/mol. The number of anilines is 2. The highest BCUT2D eigenvalue weighted by molar-refractivity contribution is 7.92. The van der Waals surface area contributed by atoms with Crippen LogP contribution in [0.15, 0.2) is 64.2 Å². The summed E-state index contributed by atoms with van der Waals surface area (Å²) >= 11 is 7.40. The molecule has 3 aromatic rings. The predicted molar refractivity (Wildman–Crippen MR) is 123 cm³/mol. The largest absolute Gasteiger partial charge is 0.352 e. The third kappa shape index (κ3) is 6.28. The van der Waals surface area contributed by atoms with Gasteiger partial charge in [0.1, 0.15) is 10.7 Å². The van der Waals surface area contributed by atoms with Crippen molar-refractivity contribution in [1.82, 2.24) is 5.32 Å². The van der Waals surface area contributed by atoms with Crippen LogP contribution in [0.2, 0.25) is 5.02 Å². The van der Waals surface area contributed by atoms with Gasteiger partial charge in [-0.15, -0.1) is 0 Å². The average Bonchev–Trinajstić information content (AvgIpc) is 3.28. The fraction of sp³-hybridized carbons (Fsp3) is 0.143. The Morgan fingerprint density at radius 2 is 1.84 bits per heavy atom. The van der Waals surface area contributed by atoms with E-state index in [0.717, 1.165) is 12.1 Å². The first-order valence-electron chi connectivity index (χ1n) is 9.43. The van der Waals surface area contributed by atoms with Crippen LogP contribution in [0.4, 0.5) is 15.8 Å². The van der Waals surface area contributed by atoms with Crippen LogP contribution in [0.1, 0.15) is 23.2 Å². The van der Waals surface area contributed by atoms with E-state index in [1.165, 1.54) is 41.7 Å². The molecule has 0 radical (unpaired) electrons. The molecule has 2 amide bonds. The van der Waals surface area contributed by atoms with Gasteiger partial charge in [0.05, 0.1) is 11.4 Å². The molecule has 0 fully saturated rings. The van der Waals surface area contributed by atoms with E-state index in [2.05, 4.69) is 15.4 Å². The molecule has 2 aromatic carbocycles. The van der Waals surface area contributed by atoms with Gasteiger partial charge in [0, 0.05) is 28.9 Å². The first-order valence-corrected chi connectivity index (χ1v) is 12.2. The molecule has 7 nitrogen and oxygen atoms in total. The first-order chi connectivity index (χ1) is 15.3. The molecule has 3 N–H and O–H groups in total. The van der Waals surface area contributed by atoms with Crippen molar-refractivity contribution in [3.05, 3.63) is 75.7 Å². The third-order valence-corrected chi connectivity index (χ3v) is 6.59. The maximum Gasteiger partial charge on any atom is 0.264 e. The predicted octanol–water partition coefficient (Wildman–Crippen LogP) is 4.49. The molecule has 3 rings (SSSR count). The van der Waals surface area contributed by atoms with Gasteiger partial charge in [-0.25, -0.2) is 12.8 Å². The Morgan fingerprint density at radius 3 is 2.56 bits per heavy atom. The number of carbonyl (C=O) groups is 2. The van der Waals surface area contributed by atoms with Gasteiger partial charge >= 0.3 is 0 Å². The Balaban J connectivity index is 1.61. The normalized spacial score (nSPS) is 11.1. The van der Waals surface area contributed by atoms with Crippen molar-refractivity contribution in [2.24, 2.45) is 0 Å². The molecule has 1 aromatic heterocycles. The van der Waals surface area contributed by atoms with E-state index in [0.29, 0.717) is 18.5 Å². The van der Waals surface area contributed by atoms with Crippen molar-refractivity contribution in [2.75, 3.05) is 16.6 Å². The molecule has 168 valence electrons. The lowest BCUT2D eigenvalue weighted by Gasteiger charge is -2.14. The molecule has 0 spiro atoms. The van der Waals surface area contributed by atoms with Crippen LogP contribution in [-0.4, -0.2) is 26.8 Å². The molecule has 0 aliphatic carbocycles. The van der Waals surface area contributed by atoms with Gasteiger partial charge in [-0.2, -0.15) is 11.3 Å². The minimum atomic E-state index is -4.23. The lowest BCUT2D eigenvalue weighted by molar-refractivity contribution is -0.116. The van der Waals surface area contributed by atoms with Gasteiger partial charge in [-0.1, -0.05) is 23.7 Å². The standard InChI is InChI=1S/C21H19ClFN3O4S2/c22-15-7-8-17(26-32(29,30)19-5-2-1-4-16(19)23)18(12-15)25-20(27)6-3-10-24-21(28)14-9-11-31-13-14/h1-2,4-5,7-9,11-13,26H,3,6,10H2,(H,24,28)(H,25,27). The molecular formula is C21H19ClFN3O4S2. The molecule has 0 unspecified atom stereocenters. The van der Waals surface area contributed by atoms with Gasteiger partial charge in [0.2, 0.25) is 5.91 Å². The number of benzene rings is 2. The molecule has 11 heteroatoms. The fourth-order valence-corrected chi connectivity index (χ4v) is 4.70. The quantitative estimate of drug-likeness (QED) is 0.380. The lowest BCUT2D eigenvalue weighted by atomic mass is 10.2. The third-order valence-electron chi connectivity index (χ3n) is 4.28. The van der Waals surface area contributed by atoms with Crippen LogP contribution in [0.25, 0.3) is 0 Å². The molecule has 0 aliphatic heterocycles. The van der Waals surface area contributed by atoms with Crippen molar-refractivity contribution in [2.45, 2.75) is 17.7 Å². The van der Waals surface area contributed by atoms with Crippen LogP contribution in [0, 0.1) is 5.82 Å². The van der Waals surface area contributed by atoms with E-state index in [-0.39, 0.29) is 28.7 Å². The zero-order valence-corrected chi connectivity index (χ0v) is 19.0. The molecule has 0 aliphatic rings. The summed E-state index contributed by atoms with van der Waals surface area (Å²) in [5, 5.41) is 9.12. The van der Waals surface area contributed by atoms with E-state index < -0.39 is 26.6 Å². The number of hydrogen-bond acceptors (Lipinski definition) is 5. The van der Waals surface area contributed by atoms with Gasteiger partial charge in [0.25, 0.3) is 15.9 Å². The number of carbonyl (C=O) groups excluding carboxylic acids is 2. The van der Waals surface area contributed by atoms with Crippen molar-refractivity contribution >= 4 is 56.2 Å². The summed E-state index contributed by atoms with van der Waals surface area (Å²) in [4.78, 5) is 23.7. The van der Waals surface area contributed by atoms with E-state index in [1.807, 2.05) is 0 Å². The SMILES string of the molecule is O=C(CCCNC(=O)c1ccsc1)Nc1cc(Cl)ccc1NS(=O)(=O)c1ccccc1F. The van der Waals surface area contributed by atoms with Crippen LogP contribution >= 0.6 is 22.9 Å². The zero-order chi connectivity index (χ0) is 23.1. The second kappa shape index (κ2) is 10.6. The summed E-state index contributed by atoms with van der Waals surface area (Å²) in [7, 11) is -4.23. The minimum absolute atomic E-state index is 0.0387. The van der Waals surface area contributed by atoms with Crippen molar-refractivity contribution in [3.8, 4) is 0 Å². The average molecular weight is 496 g/mol. The number of amides is 2. The van der Waals surface area contributed by atoms with Crippen molar-refractivity contribution < 1.29 is 22.4 Å². The molecule has 0 saturated heterocycles. The number of nitrogens with one attached hydrogen (secondary N) is 3. The number of hydrogen-bond donors (Lipinski definition) is 3. The smallest absolute Gasteiger partial charge is 0.264 e. The summed E-state index contributed by atoms with van der Waals surface area (Å²) < 4.78 is 41.4. The fourth-order valence-electron chi connectivity index (χ4n) is 2.73. The highest BCUT2D eigenvalue weighted by atomic mass is 35.5. The summed E-state index contributed by atoms with van der Waals surface area (Å²) in [6.07, 6.45) is 0.453. The van der Waals surface area contributed by atoms with Crippen LogP contribution in [-0.2, 0) is 14.8 Å². The van der Waals surface area contributed by atoms with Gasteiger partial charge in [0.15, 0.2) is 0 Å². The summed E-state index contributed by atoms with van der Waals surface area (Å²) in [6.45, 7) is 0.296. The molecule has 0 saturated carbocycles. The molecule has 1 heterocycles. The van der Waals surface area contributed by atoms with Crippen molar-refractivity contribution in [1.29, 1.82) is 0 Å². The number of sulfonamides is 1. The highest BCUT2D eigenvalue weighted by Crippen LogP contribution is 2.29. The van der Waals surface area contributed by atoms with Gasteiger partial charge in [-0.3, -0.25) is 14.3 Å². The van der Waals surface area contributed by atoms with E-state index in [1.54, 1.807) is 16.8 Å². The summed E-state index contributed by atoms with van der Waals surface area (Å²) in [6, 6.07) is 10.9. The van der Waals surface area contributed by atoms with Gasteiger partial charge in [-0.05, 0) is 48.2 Å². The number of rotatable bonds is 9. The number of halogens is 2. The van der Waals surface area contributed by atoms with E-state index in [9.17, 15) is 22.4 Å². The van der Waals surface area contributed by atoms with Crippen LogP contribution < -0.4 is 15.4 Å². The summed E-state index contributed by atoms with van der Waals surface area (Å²) in [5.41, 5.74) is 0.728. The van der Waals surface area contributed by atoms with Crippen LogP contribution in [0.5, 0.6) is 0 Å². The van der Waals surface area contributed by atoms with Crippen molar-refractivity contribution in [3.63, 3.8) is 0 Å². The van der Waals surface area contributed by atoms with E-state index in [4.69, 9.17) is 11.6 Å². The highest BCUT2D eigenvalue weighted by Gasteiger charge is 2.20. The van der Waals surface area contributed by atoms with Crippen LogP contribution in [0.3, 0.4) is 0 Å². The molecular weight excluding hydrogens is 477 g/mol. The van der Waals surface area contributed by atoms with E-state index >= 15 is 0 Å². The Labute approximate surface area is 193 Å². The Bertz CT molecular complexity index is 1220. The minimum Gasteiger partial charge on any atom is -0.352 e. The Hall–Kier alpha value is -2.95. The first kappa shape index (κ1) is 23.7. The second-order valence-electron chi connectivity index (χ2n) is 6.65.